The van der Waals surface area contributed by atoms with E-state index in [1.54, 1.807) is 23.1 Å². The zero-order valence-corrected chi connectivity index (χ0v) is 16.4. The molecule has 2 aromatic rings. The molecule has 4 rings (SSSR count). The maximum Gasteiger partial charge on any atom is 0.261 e. The Bertz CT molecular complexity index is 916. The lowest BCUT2D eigenvalue weighted by molar-refractivity contribution is 0.0639. The average molecular weight is 400 g/mol. The molecule has 7 heteroatoms. The summed E-state index contributed by atoms with van der Waals surface area (Å²) < 4.78 is 0. The Hall–Kier alpha value is -2.70. The van der Waals surface area contributed by atoms with E-state index in [1.165, 1.54) is 4.90 Å². The molecule has 146 valence electrons. The zero-order valence-electron chi connectivity index (χ0n) is 15.6. The monoisotopic (exact) mass is 399 g/mol. The van der Waals surface area contributed by atoms with Crippen molar-refractivity contribution in [1.29, 1.82) is 0 Å². The van der Waals surface area contributed by atoms with Gasteiger partial charge in [0.05, 0.1) is 17.7 Å². The van der Waals surface area contributed by atoms with Crippen LogP contribution in [0.2, 0.25) is 0 Å². The number of hydrogen-bond donors (Lipinski definition) is 1. The summed E-state index contributed by atoms with van der Waals surface area (Å²) in [6.45, 7) is 4.35. The second-order valence-electron chi connectivity index (χ2n) is 6.99. The SMILES string of the molecule is CC1CNCCN1C(=O)c1ccc2c(c1)C(=O)N(Cc1ccccc1)C2=O.Cl. The summed E-state index contributed by atoms with van der Waals surface area (Å²) in [7, 11) is 0. The van der Waals surface area contributed by atoms with E-state index in [1.807, 2.05) is 37.3 Å². The molecule has 0 saturated carbocycles. The molecule has 1 atom stereocenters. The Kier molecular flexibility index (Phi) is 5.82. The van der Waals surface area contributed by atoms with Crippen molar-refractivity contribution in [1.82, 2.24) is 15.1 Å². The van der Waals surface area contributed by atoms with Crippen molar-refractivity contribution < 1.29 is 14.4 Å². The number of imide groups is 1. The summed E-state index contributed by atoms with van der Waals surface area (Å²) in [5.41, 5.74) is 2.01. The normalized spacial score (nSPS) is 18.7. The largest absolute Gasteiger partial charge is 0.333 e. The number of rotatable bonds is 3. The lowest BCUT2D eigenvalue weighted by Gasteiger charge is -2.34. The van der Waals surface area contributed by atoms with E-state index in [4.69, 9.17) is 0 Å². The predicted molar refractivity (Wildman–Crippen MR) is 108 cm³/mol. The molecule has 0 aliphatic carbocycles. The highest BCUT2D eigenvalue weighted by atomic mass is 35.5. The van der Waals surface area contributed by atoms with Crippen molar-refractivity contribution in [2.75, 3.05) is 19.6 Å². The number of benzene rings is 2. The Morgan fingerprint density at radius 2 is 1.79 bits per heavy atom. The first-order chi connectivity index (χ1) is 13.1. The van der Waals surface area contributed by atoms with Gasteiger partial charge in [-0.1, -0.05) is 30.3 Å². The van der Waals surface area contributed by atoms with Gasteiger partial charge in [-0.25, -0.2) is 0 Å². The van der Waals surface area contributed by atoms with Crippen LogP contribution in [0.25, 0.3) is 0 Å². The summed E-state index contributed by atoms with van der Waals surface area (Å²) in [4.78, 5) is 41.3. The highest BCUT2D eigenvalue weighted by molar-refractivity contribution is 6.22. The van der Waals surface area contributed by atoms with Gasteiger partial charge < -0.3 is 10.2 Å². The molecule has 0 spiro atoms. The first-order valence-corrected chi connectivity index (χ1v) is 9.12. The third kappa shape index (κ3) is 3.53. The minimum atomic E-state index is -0.345. The quantitative estimate of drug-likeness (QED) is 0.804. The lowest BCUT2D eigenvalue weighted by atomic mass is 10.0. The standard InChI is InChI=1S/C21H21N3O3.ClH/c1-14-12-22-9-10-23(14)19(25)16-7-8-17-18(11-16)21(27)24(20(17)26)13-15-5-3-2-4-6-15;/h2-8,11,14,22H,9-10,12-13H2,1H3;1H. The van der Waals surface area contributed by atoms with E-state index in [0.29, 0.717) is 23.2 Å². The Labute approximate surface area is 169 Å². The van der Waals surface area contributed by atoms with Gasteiger partial charge in [0.1, 0.15) is 0 Å². The molecule has 3 amide bonds. The van der Waals surface area contributed by atoms with Crippen LogP contribution in [0.1, 0.15) is 43.6 Å². The molecule has 0 radical (unpaired) electrons. The smallest absolute Gasteiger partial charge is 0.261 e. The molecule has 2 aliphatic rings. The summed E-state index contributed by atoms with van der Waals surface area (Å²) in [6.07, 6.45) is 0. The lowest BCUT2D eigenvalue weighted by Crippen LogP contribution is -2.52. The minimum Gasteiger partial charge on any atom is -0.333 e. The van der Waals surface area contributed by atoms with Crippen molar-refractivity contribution in [2.24, 2.45) is 0 Å². The van der Waals surface area contributed by atoms with Crippen LogP contribution in [0.4, 0.5) is 0 Å². The number of carbonyl (C=O) groups excluding carboxylic acids is 3. The van der Waals surface area contributed by atoms with Crippen molar-refractivity contribution in [3.63, 3.8) is 0 Å². The summed E-state index contributed by atoms with van der Waals surface area (Å²) >= 11 is 0. The predicted octanol–water partition coefficient (Wildman–Crippen LogP) is 2.34. The van der Waals surface area contributed by atoms with E-state index >= 15 is 0 Å². The van der Waals surface area contributed by atoms with Crippen LogP contribution in [0, 0.1) is 0 Å². The van der Waals surface area contributed by atoms with E-state index < -0.39 is 0 Å². The molecule has 0 aromatic heterocycles. The number of nitrogens with zero attached hydrogens (tertiary/aromatic N) is 2. The van der Waals surface area contributed by atoms with Gasteiger partial charge in [0.25, 0.3) is 17.7 Å². The second-order valence-corrected chi connectivity index (χ2v) is 6.99. The van der Waals surface area contributed by atoms with E-state index in [0.717, 1.165) is 18.7 Å². The maximum atomic E-state index is 12.9. The van der Waals surface area contributed by atoms with Crippen LogP contribution in [0.15, 0.2) is 48.5 Å². The van der Waals surface area contributed by atoms with Gasteiger partial charge in [0, 0.05) is 31.2 Å². The number of piperazine rings is 1. The molecule has 2 aromatic carbocycles. The number of halogens is 1. The molecular formula is C21H22ClN3O3. The fourth-order valence-electron chi connectivity index (χ4n) is 3.64. The van der Waals surface area contributed by atoms with E-state index in [9.17, 15) is 14.4 Å². The minimum absolute atomic E-state index is 0. The first kappa shape index (κ1) is 20.0. The fourth-order valence-corrected chi connectivity index (χ4v) is 3.64. The van der Waals surface area contributed by atoms with Crippen LogP contribution in [-0.2, 0) is 6.54 Å². The van der Waals surface area contributed by atoms with Crippen molar-refractivity contribution in [2.45, 2.75) is 19.5 Å². The third-order valence-corrected chi connectivity index (χ3v) is 5.16. The van der Waals surface area contributed by atoms with Gasteiger partial charge in [-0.05, 0) is 30.7 Å². The van der Waals surface area contributed by atoms with Gasteiger partial charge in [-0.3, -0.25) is 19.3 Å². The average Bonchev–Trinajstić information content (AvgIpc) is 2.93. The molecule has 1 N–H and O–H groups in total. The number of fused-ring (bicyclic) bond motifs is 1. The van der Waals surface area contributed by atoms with Crippen molar-refractivity contribution in [3.8, 4) is 0 Å². The highest BCUT2D eigenvalue weighted by Gasteiger charge is 2.36. The van der Waals surface area contributed by atoms with E-state index in [2.05, 4.69) is 5.32 Å². The van der Waals surface area contributed by atoms with Crippen LogP contribution in [0.5, 0.6) is 0 Å². The number of hydrogen-bond acceptors (Lipinski definition) is 4. The van der Waals surface area contributed by atoms with Gasteiger partial charge in [0.15, 0.2) is 0 Å². The molecular weight excluding hydrogens is 378 g/mol. The topological polar surface area (TPSA) is 69.7 Å². The number of carbonyl (C=O) groups is 3. The summed E-state index contributed by atoms with van der Waals surface area (Å²) in [6, 6.07) is 14.3. The summed E-state index contributed by atoms with van der Waals surface area (Å²) in [5, 5.41) is 3.25. The molecule has 2 aliphatic heterocycles. The Morgan fingerprint density at radius 3 is 2.50 bits per heavy atom. The first-order valence-electron chi connectivity index (χ1n) is 9.12. The molecule has 1 saturated heterocycles. The Morgan fingerprint density at radius 1 is 1.07 bits per heavy atom. The molecule has 6 nitrogen and oxygen atoms in total. The zero-order chi connectivity index (χ0) is 19.0. The molecule has 2 heterocycles. The van der Waals surface area contributed by atoms with Crippen LogP contribution in [-0.4, -0.2) is 53.2 Å². The molecule has 28 heavy (non-hydrogen) atoms. The number of nitrogens with one attached hydrogen (secondary N) is 1. The maximum absolute atomic E-state index is 12.9. The van der Waals surface area contributed by atoms with Crippen molar-refractivity contribution in [3.05, 3.63) is 70.8 Å². The highest BCUT2D eigenvalue weighted by Crippen LogP contribution is 2.26. The van der Waals surface area contributed by atoms with Crippen molar-refractivity contribution >= 4 is 30.1 Å². The van der Waals surface area contributed by atoms with Crippen LogP contribution >= 0.6 is 12.4 Å². The van der Waals surface area contributed by atoms with Gasteiger partial charge in [-0.2, -0.15) is 0 Å². The molecule has 0 bridgehead atoms. The van der Waals surface area contributed by atoms with Gasteiger partial charge in [0.2, 0.25) is 0 Å². The fraction of sp³-hybridized carbons (Fsp3) is 0.286. The van der Waals surface area contributed by atoms with Crippen LogP contribution < -0.4 is 5.32 Å². The number of amides is 3. The van der Waals surface area contributed by atoms with Gasteiger partial charge in [-0.15, -0.1) is 12.4 Å². The third-order valence-electron chi connectivity index (χ3n) is 5.16. The van der Waals surface area contributed by atoms with Gasteiger partial charge >= 0.3 is 0 Å². The Balaban J connectivity index is 0.00000225. The van der Waals surface area contributed by atoms with E-state index in [-0.39, 0.29) is 42.7 Å². The summed E-state index contributed by atoms with van der Waals surface area (Å²) in [5.74, 6) is -0.760. The van der Waals surface area contributed by atoms with Crippen LogP contribution in [0.3, 0.4) is 0 Å². The molecule has 1 unspecified atom stereocenters. The molecule has 1 fully saturated rings. The second kappa shape index (κ2) is 8.12.